The van der Waals surface area contributed by atoms with Crippen LogP contribution in [0, 0.1) is 12.3 Å². The Kier molecular flexibility index (Phi) is 2.49. The van der Waals surface area contributed by atoms with E-state index in [0.29, 0.717) is 17.2 Å². The first-order valence-corrected chi connectivity index (χ1v) is 5.74. The van der Waals surface area contributed by atoms with Gasteiger partial charge in [-0.15, -0.1) is 0 Å². The zero-order valence-electron chi connectivity index (χ0n) is 9.84. The van der Waals surface area contributed by atoms with E-state index in [4.69, 9.17) is 10.3 Å². The summed E-state index contributed by atoms with van der Waals surface area (Å²) >= 11 is 0. The molecular weight excluding hydrogens is 188 g/mol. The van der Waals surface area contributed by atoms with Gasteiger partial charge in [0.05, 0.1) is 0 Å². The normalized spacial score (nSPS) is 25.4. The lowest BCUT2D eigenvalue weighted by Gasteiger charge is -2.37. The van der Waals surface area contributed by atoms with Crippen molar-refractivity contribution in [2.45, 2.75) is 52.4 Å². The molecule has 1 aliphatic carbocycles. The van der Waals surface area contributed by atoms with Crippen LogP contribution in [0.3, 0.4) is 0 Å². The maximum absolute atomic E-state index is 5.73. The summed E-state index contributed by atoms with van der Waals surface area (Å²) < 4.78 is 5.40. The van der Waals surface area contributed by atoms with Crippen LogP contribution in [0.1, 0.15) is 56.8 Å². The maximum Gasteiger partial charge on any atom is 0.170 e. The maximum atomic E-state index is 5.73. The Labute approximate surface area is 91.0 Å². The summed E-state index contributed by atoms with van der Waals surface area (Å²) in [6, 6.07) is 0. The lowest BCUT2D eigenvalue weighted by Crippen LogP contribution is -2.26. The van der Waals surface area contributed by atoms with E-state index in [1.54, 1.807) is 0 Å². The van der Waals surface area contributed by atoms with Gasteiger partial charge in [-0.2, -0.15) is 0 Å². The number of nitrogen functional groups attached to an aromatic ring is 1. The summed E-state index contributed by atoms with van der Waals surface area (Å²) in [6.45, 7) is 6.63. The summed E-state index contributed by atoms with van der Waals surface area (Å²) in [5.74, 6) is 2.04. The summed E-state index contributed by atoms with van der Waals surface area (Å²) in [5.41, 5.74) is 7.08. The molecule has 1 heterocycles. The molecule has 1 aromatic heterocycles. The Balaban J connectivity index is 2.33. The van der Waals surface area contributed by atoms with Gasteiger partial charge in [0, 0.05) is 11.5 Å². The number of aromatic nitrogens is 1. The highest BCUT2D eigenvalue weighted by atomic mass is 16.5. The fraction of sp³-hybridized carbons (Fsp3) is 0.750. The third-order valence-corrected chi connectivity index (χ3v) is 3.82. The third kappa shape index (κ3) is 1.75. The average Bonchev–Trinajstić information content (AvgIpc) is 2.48. The number of rotatable bonds is 1. The number of hydrogen-bond donors (Lipinski definition) is 1. The highest BCUT2D eigenvalue weighted by molar-refractivity contribution is 5.40. The van der Waals surface area contributed by atoms with Gasteiger partial charge in [0.15, 0.2) is 5.82 Å². The first kappa shape index (κ1) is 10.5. The second-order valence-corrected chi connectivity index (χ2v) is 5.34. The van der Waals surface area contributed by atoms with Crippen LogP contribution in [-0.4, -0.2) is 5.16 Å². The fourth-order valence-corrected chi connectivity index (χ4v) is 2.67. The molecule has 15 heavy (non-hydrogen) atoms. The first-order chi connectivity index (χ1) is 7.02. The summed E-state index contributed by atoms with van der Waals surface area (Å²) in [6.07, 6.45) is 5.07. The topological polar surface area (TPSA) is 52.0 Å². The molecule has 1 aliphatic rings. The molecule has 2 N–H and O–H groups in total. The third-order valence-electron chi connectivity index (χ3n) is 3.82. The van der Waals surface area contributed by atoms with Crippen molar-refractivity contribution in [2.24, 2.45) is 5.41 Å². The molecule has 3 nitrogen and oxygen atoms in total. The monoisotopic (exact) mass is 208 g/mol. The van der Waals surface area contributed by atoms with Crippen LogP contribution in [-0.2, 0) is 0 Å². The minimum Gasteiger partial charge on any atom is -0.381 e. The molecule has 3 heteroatoms. The van der Waals surface area contributed by atoms with Crippen molar-refractivity contribution < 1.29 is 4.52 Å². The van der Waals surface area contributed by atoms with Crippen LogP contribution in [0.15, 0.2) is 4.52 Å². The molecule has 2 rings (SSSR count). The van der Waals surface area contributed by atoms with E-state index in [9.17, 15) is 0 Å². The number of nitrogens with two attached hydrogens (primary N) is 1. The molecule has 1 saturated carbocycles. The molecule has 1 unspecified atom stereocenters. The molecule has 0 radical (unpaired) electrons. The van der Waals surface area contributed by atoms with Gasteiger partial charge in [-0.3, -0.25) is 0 Å². The van der Waals surface area contributed by atoms with Crippen molar-refractivity contribution in [3.8, 4) is 0 Å². The Morgan fingerprint density at radius 1 is 1.40 bits per heavy atom. The Hall–Kier alpha value is -0.990. The van der Waals surface area contributed by atoms with Crippen LogP contribution in [0.5, 0.6) is 0 Å². The van der Waals surface area contributed by atoms with E-state index in [1.807, 2.05) is 6.92 Å². The fourth-order valence-electron chi connectivity index (χ4n) is 2.67. The van der Waals surface area contributed by atoms with Crippen molar-refractivity contribution in [2.75, 3.05) is 5.73 Å². The lowest BCUT2D eigenvalue weighted by molar-refractivity contribution is 0.168. The minimum atomic E-state index is 0.314. The highest BCUT2D eigenvalue weighted by Gasteiger charge is 2.37. The van der Waals surface area contributed by atoms with Gasteiger partial charge in [-0.05, 0) is 25.2 Å². The van der Waals surface area contributed by atoms with Crippen LogP contribution in [0.25, 0.3) is 0 Å². The lowest BCUT2D eigenvalue weighted by atomic mass is 9.67. The van der Waals surface area contributed by atoms with Gasteiger partial charge in [-0.25, -0.2) is 0 Å². The number of hydrogen-bond acceptors (Lipinski definition) is 3. The highest BCUT2D eigenvalue weighted by Crippen LogP contribution is 2.47. The predicted molar refractivity (Wildman–Crippen MR) is 60.6 cm³/mol. The SMILES string of the molecule is Cc1c(N)noc1C1CCCCC1(C)C. The molecule has 1 atom stereocenters. The Morgan fingerprint density at radius 3 is 2.67 bits per heavy atom. The molecule has 0 aliphatic heterocycles. The number of anilines is 1. The van der Waals surface area contributed by atoms with Crippen molar-refractivity contribution in [1.29, 1.82) is 0 Å². The van der Waals surface area contributed by atoms with Crippen LogP contribution in [0.2, 0.25) is 0 Å². The minimum absolute atomic E-state index is 0.314. The van der Waals surface area contributed by atoms with Gasteiger partial charge in [0.1, 0.15) is 5.76 Å². The largest absolute Gasteiger partial charge is 0.381 e. The standard InChI is InChI=1S/C12H20N2O/c1-8-10(15-14-11(8)13)9-6-4-5-7-12(9,2)3/h9H,4-7H2,1-3H3,(H2,13,14). The molecule has 0 amide bonds. The van der Waals surface area contributed by atoms with Crippen molar-refractivity contribution in [1.82, 2.24) is 5.16 Å². The summed E-state index contributed by atoms with van der Waals surface area (Å²) in [5, 5.41) is 3.86. The molecule has 0 spiro atoms. The van der Waals surface area contributed by atoms with E-state index >= 15 is 0 Å². The van der Waals surface area contributed by atoms with Crippen molar-refractivity contribution in [3.05, 3.63) is 11.3 Å². The number of nitrogens with zero attached hydrogens (tertiary/aromatic N) is 1. The van der Waals surface area contributed by atoms with E-state index in [0.717, 1.165) is 11.3 Å². The zero-order valence-corrected chi connectivity index (χ0v) is 9.84. The van der Waals surface area contributed by atoms with Gasteiger partial charge in [0.2, 0.25) is 0 Å². The van der Waals surface area contributed by atoms with Crippen LogP contribution < -0.4 is 5.73 Å². The molecule has 1 fully saturated rings. The molecule has 84 valence electrons. The Morgan fingerprint density at radius 2 is 2.13 bits per heavy atom. The van der Waals surface area contributed by atoms with Crippen molar-refractivity contribution >= 4 is 5.82 Å². The molecule has 0 saturated heterocycles. The van der Waals surface area contributed by atoms with E-state index in [2.05, 4.69) is 19.0 Å². The van der Waals surface area contributed by atoms with Crippen molar-refractivity contribution in [3.63, 3.8) is 0 Å². The smallest absolute Gasteiger partial charge is 0.170 e. The summed E-state index contributed by atoms with van der Waals surface area (Å²) in [4.78, 5) is 0. The average molecular weight is 208 g/mol. The molecular formula is C12H20N2O. The molecule has 0 aromatic carbocycles. The molecule has 1 aromatic rings. The second-order valence-electron chi connectivity index (χ2n) is 5.34. The quantitative estimate of drug-likeness (QED) is 0.770. The van der Waals surface area contributed by atoms with Gasteiger partial charge in [0.25, 0.3) is 0 Å². The Bertz CT molecular complexity index is 355. The van der Waals surface area contributed by atoms with Gasteiger partial charge >= 0.3 is 0 Å². The van der Waals surface area contributed by atoms with E-state index in [-0.39, 0.29) is 0 Å². The first-order valence-electron chi connectivity index (χ1n) is 5.74. The van der Waals surface area contributed by atoms with Crippen LogP contribution >= 0.6 is 0 Å². The van der Waals surface area contributed by atoms with Crippen LogP contribution in [0.4, 0.5) is 5.82 Å². The molecule has 0 bridgehead atoms. The second kappa shape index (κ2) is 3.54. The summed E-state index contributed by atoms with van der Waals surface area (Å²) in [7, 11) is 0. The van der Waals surface area contributed by atoms with E-state index < -0.39 is 0 Å². The predicted octanol–water partition coefficient (Wildman–Crippen LogP) is 3.25. The van der Waals surface area contributed by atoms with E-state index in [1.165, 1.54) is 25.7 Å². The van der Waals surface area contributed by atoms with Gasteiger partial charge in [-0.1, -0.05) is 31.8 Å². The van der Waals surface area contributed by atoms with Gasteiger partial charge < -0.3 is 10.3 Å². The zero-order chi connectivity index (χ0) is 11.1.